The maximum atomic E-state index is 12.9. The van der Waals surface area contributed by atoms with E-state index >= 15 is 0 Å². The Kier molecular flexibility index (Phi) is 6.30. The third-order valence-corrected chi connectivity index (χ3v) is 5.22. The smallest absolute Gasteiger partial charge is 0.331 e. The van der Waals surface area contributed by atoms with E-state index in [-0.39, 0.29) is 17.8 Å². The van der Waals surface area contributed by atoms with Crippen molar-refractivity contribution >= 4 is 16.6 Å². The zero-order valence-electron chi connectivity index (χ0n) is 16.2. The Morgan fingerprint density at radius 3 is 2.48 bits per heavy atom. The third kappa shape index (κ3) is 4.40. The predicted octanol–water partition coefficient (Wildman–Crippen LogP) is 0.0293. The van der Waals surface area contributed by atoms with Gasteiger partial charge in [-0.15, -0.1) is 0 Å². The van der Waals surface area contributed by atoms with Crippen LogP contribution in [0.5, 0.6) is 0 Å². The van der Waals surface area contributed by atoms with Crippen LogP contribution in [0.15, 0.2) is 27.8 Å². The molecule has 1 aliphatic heterocycles. The minimum atomic E-state index is -0.310. The lowest BCUT2D eigenvalue weighted by Crippen LogP contribution is -2.45. The van der Waals surface area contributed by atoms with Crippen molar-refractivity contribution in [2.45, 2.75) is 19.5 Å². The number of ether oxygens (including phenoxy) is 1. The van der Waals surface area contributed by atoms with Crippen LogP contribution in [0.1, 0.15) is 6.42 Å². The number of nitrogens with zero attached hydrogens (tertiary/aromatic N) is 4. The number of hydrogen-bond donors (Lipinski definition) is 1. The van der Waals surface area contributed by atoms with Gasteiger partial charge in [0.15, 0.2) is 0 Å². The highest BCUT2D eigenvalue weighted by atomic mass is 16.5. The summed E-state index contributed by atoms with van der Waals surface area (Å²) in [6, 6.07) is 5.15. The number of fused-ring (bicyclic) bond motifs is 1. The number of benzene rings is 1. The Labute approximate surface area is 158 Å². The summed E-state index contributed by atoms with van der Waals surface area (Å²) in [5.74, 6) is 0. The molecule has 1 aliphatic rings. The van der Waals surface area contributed by atoms with E-state index in [0.29, 0.717) is 29.7 Å². The quantitative estimate of drug-likeness (QED) is 0.687. The third-order valence-electron chi connectivity index (χ3n) is 5.22. The molecule has 8 nitrogen and oxygen atoms in total. The minimum Gasteiger partial charge on any atom is -0.399 e. The van der Waals surface area contributed by atoms with E-state index in [1.54, 1.807) is 29.9 Å². The van der Waals surface area contributed by atoms with Crippen molar-refractivity contribution in [3.63, 3.8) is 0 Å². The maximum absolute atomic E-state index is 12.9. The fourth-order valence-electron chi connectivity index (χ4n) is 3.56. The summed E-state index contributed by atoms with van der Waals surface area (Å²) < 4.78 is 8.00. The zero-order chi connectivity index (χ0) is 19.4. The van der Waals surface area contributed by atoms with Gasteiger partial charge in [-0.1, -0.05) is 0 Å². The number of likely N-dealkylation sites (N-methyl/N-ethyl adjacent to an activating group) is 1. The second-order valence-corrected chi connectivity index (χ2v) is 7.16. The van der Waals surface area contributed by atoms with Gasteiger partial charge in [-0.3, -0.25) is 13.9 Å². The lowest BCUT2D eigenvalue weighted by molar-refractivity contribution is 0.151. The molecule has 0 saturated carbocycles. The molecule has 1 saturated heterocycles. The summed E-state index contributed by atoms with van der Waals surface area (Å²) in [6.45, 7) is 6.30. The number of piperazine rings is 1. The van der Waals surface area contributed by atoms with Crippen molar-refractivity contribution in [1.82, 2.24) is 18.9 Å². The number of methoxy groups -OCH3 is 1. The molecule has 148 valence electrons. The molecule has 0 atom stereocenters. The Bertz CT molecular complexity index is 897. The Morgan fingerprint density at radius 2 is 1.78 bits per heavy atom. The van der Waals surface area contributed by atoms with Crippen molar-refractivity contribution < 1.29 is 4.74 Å². The molecule has 0 aliphatic carbocycles. The van der Waals surface area contributed by atoms with Crippen LogP contribution in [0.3, 0.4) is 0 Å². The molecule has 8 heteroatoms. The summed E-state index contributed by atoms with van der Waals surface area (Å²) in [5.41, 5.74) is 6.43. The first kappa shape index (κ1) is 19.6. The molecule has 3 rings (SSSR count). The normalized spacial score (nSPS) is 16.2. The SMILES string of the molecule is COCCn1c(=O)c2cc(N)ccc2n(CCCN2CCN(C)CC2)c1=O. The molecule has 2 aromatic rings. The largest absolute Gasteiger partial charge is 0.399 e. The second-order valence-electron chi connectivity index (χ2n) is 7.16. The highest BCUT2D eigenvalue weighted by molar-refractivity contribution is 5.81. The molecule has 27 heavy (non-hydrogen) atoms. The van der Waals surface area contributed by atoms with Gasteiger partial charge >= 0.3 is 5.69 Å². The first-order valence-electron chi connectivity index (χ1n) is 9.44. The summed E-state index contributed by atoms with van der Waals surface area (Å²) in [7, 11) is 3.69. The van der Waals surface area contributed by atoms with Crippen LogP contribution < -0.4 is 17.0 Å². The standard InChI is InChI=1S/C19H29N5O3/c1-21-8-10-22(11-9-21)6-3-7-23-17-5-4-15(20)14-16(17)18(25)24(19(23)26)12-13-27-2/h4-5,14H,3,6-13,20H2,1-2H3. The van der Waals surface area contributed by atoms with Gasteiger partial charge in [0.25, 0.3) is 5.56 Å². The number of anilines is 1. The van der Waals surface area contributed by atoms with E-state index in [1.165, 1.54) is 4.57 Å². The fraction of sp³-hybridized carbons (Fsp3) is 0.579. The Morgan fingerprint density at radius 1 is 1.04 bits per heavy atom. The van der Waals surface area contributed by atoms with Crippen molar-refractivity contribution in [1.29, 1.82) is 0 Å². The number of rotatable bonds is 7. The van der Waals surface area contributed by atoms with E-state index in [0.717, 1.165) is 39.1 Å². The van der Waals surface area contributed by atoms with Crippen LogP contribution >= 0.6 is 0 Å². The molecule has 1 aromatic carbocycles. The fourth-order valence-corrected chi connectivity index (χ4v) is 3.56. The maximum Gasteiger partial charge on any atom is 0.331 e. The van der Waals surface area contributed by atoms with Gasteiger partial charge in [0.1, 0.15) is 0 Å². The molecular weight excluding hydrogens is 346 g/mol. The molecule has 2 heterocycles. The van der Waals surface area contributed by atoms with Gasteiger partial charge in [-0.25, -0.2) is 4.79 Å². The van der Waals surface area contributed by atoms with Crippen LogP contribution in [-0.4, -0.2) is 72.4 Å². The van der Waals surface area contributed by atoms with Crippen molar-refractivity contribution in [3.8, 4) is 0 Å². The second kappa shape index (κ2) is 8.69. The molecule has 0 spiro atoms. The highest BCUT2D eigenvalue weighted by Crippen LogP contribution is 2.13. The topological polar surface area (TPSA) is 85.7 Å². The van der Waals surface area contributed by atoms with Gasteiger partial charge in [0, 0.05) is 45.5 Å². The predicted molar refractivity (Wildman–Crippen MR) is 107 cm³/mol. The Hall–Kier alpha value is -2.16. The molecule has 0 unspecified atom stereocenters. The molecular formula is C19H29N5O3. The Balaban J connectivity index is 1.86. The molecule has 1 aromatic heterocycles. The summed E-state index contributed by atoms with van der Waals surface area (Å²) in [4.78, 5) is 30.4. The lowest BCUT2D eigenvalue weighted by Gasteiger charge is -2.32. The van der Waals surface area contributed by atoms with Gasteiger partial charge in [0.2, 0.25) is 0 Å². The van der Waals surface area contributed by atoms with Gasteiger partial charge < -0.3 is 20.3 Å². The van der Waals surface area contributed by atoms with E-state index in [2.05, 4.69) is 16.8 Å². The van der Waals surface area contributed by atoms with Crippen LogP contribution in [0.25, 0.3) is 10.9 Å². The molecule has 1 fully saturated rings. The van der Waals surface area contributed by atoms with E-state index < -0.39 is 0 Å². The van der Waals surface area contributed by atoms with E-state index in [1.807, 2.05) is 0 Å². The van der Waals surface area contributed by atoms with Gasteiger partial charge in [-0.05, 0) is 38.2 Å². The van der Waals surface area contributed by atoms with Crippen LogP contribution in [0.4, 0.5) is 5.69 Å². The molecule has 0 bridgehead atoms. The number of aryl methyl sites for hydroxylation is 1. The first-order valence-corrected chi connectivity index (χ1v) is 9.44. The first-order chi connectivity index (χ1) is 13.0. The average Bonchev–Trinajstić information content (AvgIpc) is 2.66. The van der Waals surface area contributed by atoms with Gasteiger partial charge in [-0.2, -0.15) is 0 Å². The highest BCUT2D eigenvalue weighted by Gasteiger charge is 2.15. The van der Waals surface area contributed by atoms with Crippen molar-refractivity contribution in [3.05, 3.63) is 39.0 Å². The number of nitrogens with two attached hydrogens (primary N) is 1. The van der Waals surface area contributed by atoms with Crippen LogP contribution in [-0.2, 0) is 17.8 Å². The average molecular weight is 375 g/mol. The number of aromatic nitrogens is 2. The summed E-state index contributed by atoms with van der Waals surface area (Å²) in [5, 5.41) is 0.477. The monoisotopic (exact) mass is 375 g/mol. The lowest BCUT2D eigenvalue weighted by atomic mass is 10.2. The summed E-state index contributed by atoms with van der Waals surface area (Å²) >= 11 is 0. The van der Waals surface area contributed by atoms with Crippen LogP contribution in [0, 0.1) is 0 Å². The molecule has 2 N–H and O–H groups in total. The van der Waals surface area contributed by atoms with Gasteiger partial charge in [0.05, 0.1) is 24.1 Å². The number of nitrogen functional groups attached to an aromatic ring is 1. The minimum absolute atomic E-state index is 0.233. The van der Waals surface area contributed by atoms with Crippen molar-refractivity contribution in [2.75, 3.05) is 59.2 Å². The molecule has 0 radical (unpaired) electrons. The van der Waals surface area contributed by atoms with Crippen LogP contribution in [0.2, 0.25) is 0 Å². The summed E-state index contributed by atoms with van der Waals surface area (Å²) in [6.07, 6.45) is 0.853. The van der Waals surface area contributed by atoms with E-state index in [4.69, 9.17) is 10.5 Å². The number of hydrogen-bond acceptors (Lipinski definition) is 6. The van der Waals surface area contributed by atoms with E-state index in [9.17, 15) is 9.59 Å². The molecule has 0 amide bonds. The zero-order valence-corrected chi connectivity index (χ0v) is 16.2. The van der Waals surface area contributed by atoms with Crippen molar-refractivity contribution in [2.24, 2.45) is 0 Å².